The highest BCUT2D eigenvalue weighted by atomic mass is 15.3. The Morgan fingerprint density at radius 3 is 2.53 bits per heavy atom. The molecule has 96 valence electrons. The highest BCUT2D eigenvalue weighted by molar-refractivity contribution is 5.80. The van der Waals surface area contributed by atoms with Gasteiger partial charge in [0.25, 0.3) is 0 Å². The highest BCUT2D eigenvalue weighted by Crippen LogP contribution is 2.34. The van der Waals surface area contributed by atoms with Crippen LogP contribution in [0.25, 0.3) is 0 Å². The summed E-state index contributed by atoms with van der Waals surface area (Å²) in [5.41, 5.74) is 6.03. The molecule has 0 saturated heterocycles. The predicted octanol–water partition coefficient (Wildman–Crippen LogP) is 2.37. The minimum Gasteiger partial charge on any atom is -0.370 e. The summed E-state index contributed by atoms with van der Waals surface area (Å²) >= 11 is 0. The van der Waals surface area contributed by atoms with Crippen molar-refractivity contribution in [3.63, 3.8) is 0 Å². The third-order valence-electron chi connectivity index (χ3n) is 4.68. The molecule has 2 aliphatic carbocycles. The average Bonchev–Trinajstić information content (AvgIpc) is 3.10. The summed E-state index contributed by atoms with van der Waals surface area (Å²) in [6.45, 7) is 2.13. The van der Waals surface area contributed by atoms with Crippen molar-refractivity contribution in [2.75, 3.05) is 13.1 Å². The van der Waals surface area contributed by atoms with Gasteiger partial charge >= 0.3 is 0 Å². The summed E-state index contributed by atoms with van der Waals surface area (Å²) in [5.74, 6) is 2.67. The fourth-order valence-corrected chi connectivity index (χ4v) is 3.41. The lowest BCUT2D eigenvalue weighted by Crippen LogP contribution is -2.42. The zero-order chi connectivity index (χ0) is 11.7. The first-order chi connectivity index (χ1) is 8.33. The number of hydrogen-bond acceptors (Lipinski definition) is 3. The Hall–Kier alpha value is -0.730. The van der Waals surface area contributed by atoms with Gasteiger partial charge in [-0.15, -0.1) is 0 Å². The van der Waals surface area contributed by atoms with Gasteiger partial charge in [-0.25, -0.2) is 0 Å². The molecule has 0 bridgehead atoms. The number of nitrogens with zero attached hydrogens (tertiary/aromatic N) is 2. The van der Waals surface area contributed by atoms with Crippen molar-refractivity contribution in [2.24, 2.45) is 22.6 Å². The van der Waals surface area contributed by atoms with Crippen molar-refractivity contribution >= 4 is 5.96 Å². The van der Waals surface area contributed by atoms with Crippen LogP contribution in [0.2, 0.25) is 0 Å². The van der Waals surface area contributed by atoms with Crippen molar-refractivity contribution in [3.05, 3.63) is 0 Å². The summed E-state index contributed by atoms with van der Waals surface area (Å²) in [6, 6.07) is 0.624. The fraction of sp³-hybridized carbons (Fsp3) is 0.929. The van der Waals surface area contributed by atoms with E-state index in [2.05, 4.69) is 9.89 Å². The lowest BCUT2D eigenvalue weighted by molar-refractivity contribution is 0.240. The largest absolute Gasteiger partial charge is 0.370 e. The fourth-order valence-electron chi connectivity index (χ4n) is 3.41. The molecule has 0 spiro atoms. The molecule has 1 unspecified atom stereocenters. The molecule has 3 rings (SSSR count). The van der Waals surface area contributed by atoms with Crippen LogP contribution >= 0.6 is 0 Å². The molecule has 2 N–H and O–H groups in total. The van der Waals surface area contributed by atoms with E-state index in [1.165, 1.54) is 57.9 Å². The second kappa shape index (κ2) is 4.87. The van der Waals surface area contributed by atoms with Gasteiger partial charge in [-0.3, -0.25) is 4.99 Å². The van der Waals surface area contributed by atoms with Gasteiger partial charge in [0.05, 0.1) is 12.6 Å². The summed E-state index contributed by atoms with van der Waals surface area (Å²) in [6.07, 6.45) is 11.3. The van der Waals surface area contributed by atoms with Crippen molar-refractivity contribution in [3.8, 4) is 0 Å². The average molecular weight is 235 g/mol. The molecule has 2 saturated carbocycles. The smallest absolute Gasteiger partial charge is 0.191 e. The highest BCUT2D eigenvalue weighted by Gasteiger charge is 2.33. The summed E-state index contributed by atoms with van der Waals surface area (Å²) in [5, 5.41) is 0. The second-order valence-electron chi connectivity index (χ2n) is 6.19. The van der Waals surface area contributed by atoms with E-state index < -0.39 is 0 Å². The normalized spacial score (nSPS) is 30.7. The monoisotopic (exact) mass is 235 g/mol. The molecular formula is C14H25N3. The standard InChI is InChI=1S/C14H25N3/c15-14-16-9-13(17(14)10-12-6-7-12)8-11-4-2-1-3-5-11/h11-13H,1-10H2,(H2,15,16). The first-order valence-electron chi connectivity index (χ1n) is 7.39. The summed E-state index contributed by atoms with van der Waals surface area (Å²) in [7, 11) is 0. The molecule has 0 aromatic heterocycles. The Bertz CT molecular complexity index is 290. The molecule has 3 nitrogen and oxygen atoms in total. The van der Waals surface area contributed by atoms with Gasteiger partial charge in [0.1, 0.15) is 0 Å². The van der Waals surface area contributed by atoms with E-state index in [0.717, 1.165) is 24.3 Å². The minimum atomic E-state index is 0.624. The predicted molar refractivity (Wildman–Crippen MR) is 70.9 cm³/mol. The molecule has 1 heterocycles. The lowest BCUT2D eigenvalue weighted by Gasteiger charge is -2.31. The zero-order valence-electron chi connectivity index (χ0n) is 10.8. The molecule has 0 aromatic carbocycles. The number of hydrogen-bond donors (Lipinski definition) is 1. The third kappa shape index (κ3) is 2.75. The first-order valence-corrected chi connectivity index (χ1v) is 7.39. The van der Waals surface area contributed by atoms with Gasteiger partial charge in [0.15, 0.2) is 5.96 Å². The van der Waals surface area contributed by atoms with Crippen LogP contribution in [0.3, 0.4) is 0 Å². The van der Waals surface area contributed by atoms with Crippen LogP contribution in [0.4, 0.5) is 0 Å². The lowest BCUT2D eigenvalue weighted by atomic mass is 9.84. The van der Waals surface area contributed by atoms with Gasteiger partial charge in [-0.2, -0.15) is 0 Å². The van der Waals surface area contributed by atoms with E-state index in [-0.39, 0.29) is 0 Å². The van der Waals surface area contributed by atoms with E-state index >= 15 is 0 Å². The molecule has 0 aromatic rings. The van der Waals surface area contributed by atoms with Crippen LogP contribution in [0.5, 0.6) is 0 Å². The van der Waals surface area contributed by atoms with Crippen LogP contribution < -0.4 is 5.73 Å². The number of aliphatic imine (C=N–C) groups is 1. The van der Waals surface area contributed by atoms with Gasteiger partial charge in [0.2, 0.25) is 0 Å². The SMILES string of the molecule is NC1=NCC(CC2CCCCC2)N1CC1CC1. The topological polar surface area (TPSA) is 41.6 Å². The van der Waals surface area contributed by atoms with Gasteiger partial charge < -0.3 is 10.6 Å². The molecule has 3 aliphatic rings. The molecule has 1 aliphatic heterocycles. The van der Waals surface area contributed by atoms with E-state index in [1.54, 1.807) is 0 Å². The molecule has 0 radical (unpaired) electrons. The third-order valence-corrected chi connectivity index (χ3v) is 4.68. The van der Waals surface area contributed by atoms with Crippen LogP contribution in [0.15, 0.2) is 4.99 Å². The van der Waals surface area contributed by atoms with Crippen molar-refractivity contribution < 1.29 is 0 Å². The van der Waals surface area contributed by atoms with Crippen LogP contribution in [0, 0.1) is 11.8 Å². The van der Waals surface area contributed by atoms with Crippen LogP contribution in [-0.4, -0.2) is 30.0 Å². The Kier molecular flexibility index (Phi) is 3.26. The van der Waals surface area contributed by atoms with Gasteiger partial charge in [0, 0.05) is 6.54 Å². The summed E-state index contributed by atoms with van der Waals surface area (Å²) < 4.78 is 0. The van der Waals surface area contributed by atoms with Gasteiger partial charge in [-0.1, -0.05) is 32.1 Å². The number of rotatable bonds is 4. The van der Waals surface area contributed by atoms with E-state index in [9.17, 15) is 0 Å². The van der Waals surface area contributed by atoms with E-state index in [0.29, 0.717) is 6.04 Å². The first kappa shape index (κ1) is 11.4. The Morgan fingerprint density at radius 1 is 1.06 bits per heavy atom. The Labute approximate surface area is 104 Å². The maximum Gasteiger partial charge on any atom is 0.191 e. The molecule has 0 amide bonds. The number of nitrogens with two attached hydrogens (primary N) is 1. The zero-order valence-corrected chi connectivity index (χ0v) is 10.8. The minimum absolute atomic E-state index is 0.624. The van der Waals surface area contributed by atoms with Crippen molar-refractivity contribution in [1.29, 1.82) is 0 Å². The van der Waals surface area contributed by atoms with Crippen LogP contribution in [-0.2, 0) is 0 Å². The van der Waals surface area contributed by atoms with Gasteiger partial charge in [-0.05, 0) is 31.1 Å². The maximum atomic E-state index is 6.03. The number of guanidine groups is 1. The van der Waals surface area contributed by atoms with Crippen molar-refractivity contribution in [2.45, 2.75) is 57.4 Å². The van der Waals surface area contributed by atoms with E-state index in [4.69, 9.17) is 5.73 Å². The van der Waals surface area contributed by atoms with Crippen LogP contribution in [0.1, 0.15) is 51.4 Å². The summed E-state index contributed by atoms with van der Waals surface area (Å²) in [4.78, 5) is 6.87. The Balaban J connectivity index is 1.54. The molecule has 2 fully saturated rings. The van der Waals surface area contributed by atoms with E-state index in [1.807, 2.05) is 0 Å². The molecule has 17 heavy (non-hydrogen) atoms. The second-order valence-corrected chi connectivity index (χ2v) is 6.19. The quantitative estimate of drug-likeness (QED) is 0.813. The molecule has 1 atom stereocenters. The maximum absolute atomic E-state index is 6.03. The Morgan fingerprint density at radius 2 is 1.82 bits per heavy atom. The molecular weight excluding hydrogens is 210 g/mol. The van der Waals surface area contributed by atoms with Crippen molar-refractivity contribution in [1.82, 2.24) is 4.90 Å². The molecule has 3 heteroatoms.